The summed E-state index contributed by atoms with van der Waals surface area (Å²) in [5.74, 6) is -0.567. The molecule has 1 aliphatic heterocycles. The summed E-state index contributed by atoms with van der Waals surface area (Å²) in [6.07, 6.45) is 0.527. The molecule has 1 heterocycles. The summed E-state index contributed by atoms with van der Waals surface area (Å²) in [5, 5.41) is 14.0. The monoisotopic (exact) mass is 359 g/mol. The van der Waals surface area contributed by atoms with Crippen LogP contribution in [-0.4, -0.2) is 34.7 Å². The van der Waals surface area contributed by atoms with Gasteiger partial charge in [0.1, 0.15) is 0 Å². The molecule has 0 spiro atoms. The fourth-order valence-electron chi connectivity index (χ4n) is 2.66. The number of fused-ring (bicyclic) bond motifs is 1. The van der Waals surface area contributed by atoms with Crippen molar-refractivity contribution in [3.63, 3.8) is 0 Å². The van der Waals surface area contributed by atoms with Crippen LogP contribution < -0.4 is 5.32 Å². The second kappa shape index (κ2) is 6.90. The van der Waals surface area contributed by atoms with Gasteiger partial charge in [-0.3, -0.25) is 24.6 Å². The number of non-ortho nitro benzene ring substituents is 1. The molecular formula is C17H14ClN3O4. The summed E-state index contributed by atoms with van der Waals surface area (Å²) in [7, 11) is 0. The van der Waals surface area contributed by atoms with Gasteiger partial charge in [0.05, 0.1) is 26.8 Å². The zero-order chi connectivity index (χ0) is 18.0. The normalized spacial score (nSPS) is 13.1. The Morgan fingerprint density at radius 1 is 1.08 bits per heavy atom. The van der Waals surface area contributed by atoms with Crippen LogP contribution in [0.5, 0.6) is 0 Å². The van der Waals surface area contributed by atoms with Crippen molar-refractivity contribution >= 4 is 34.8 Å². The number of nitro benzene ring substituents is 1. The molecule has 0 fully saturated rings. The first kappa shape index (κ1) is 16.9. The molecule has 0 bridgehead atoms. The van der Waals surface area contributed by atoms with Gasteiger partial charge in [-0.25, -0.2) is 0 Å². The molecule has 8 heteroatoms. The Bertz CT molecular complexity index is 834. The third kappa shape index (κ3) is 3.32. The summed E-state index contributed by atoms with van der Waals surface area (Å²) >= 11 is 6.00. The minimum atomic E-state index is -0.516. The van der Waals surface area contributed by atoms with Crippen molar-refractivity contribution in [2.75, 3.05) is 18.4 Å². The summed E-state index contributed by atoms with van der Waals surface area (Å²) < 4.78 is 0. The lowest BCUT2D eigenvalue weighted by Crippen LogP contribution is -2.31. The highest BCUT2D eigenvalue weighted by Crippen LogP contribution is 2.27. The molecule has 1 N–H and O–H groups in total. The van der Waals surface area contributed by atoms with Crippen LogP contribution in [0.3, 0.4) is 0 Å². The van der Waals surface area contributed by atoms with Gasteiger partial charge in [0.2, 0.25) is 0 Å². The van der Waals surface area contributed by atoms with E-state index in [1.165, 1.54) is 23.1 Å². The Balaban J connectivity index is 1.55. The molecule has 25 heavy (non-hydrogen) atoms. The van der Waals surface area contributed by atoms with Crippen LogP contribution in [-0.2, 0) is 0 Å². The number of halogens is 1. The van der Waals surface area contributed by atoms with E-state index in [-0.39, 0.29) is 29.1 Å². The Labute approximate surface area is 148 Å². The van der Waals surface area contributed by atoms with Gasteiger partial charge in [-0.2, -0.15) is 0 Å². The number of amides is 2. The summed E-state index contributed by atoms with van der Waals surface area (Å²) in [6, 6.07) is 10.9. The fraction of sp³-hybridized carbons (Fsp3) is 0.176. The average Bonchev–Trinajstić information content (AvgIpc) is 2.84. The van der Waals surface area contributed by atoms with Crippen LogP contribution >= 0.6 is 11.6 Å². The van der Waals surface area contributed by atoms with Crippen molar-refractivity contribution in [2.45, 2.75) is 6.42 Å². The highest BCUT2D eigenvalue weighted by Gasteiger charge is 2.34. The van der Waals surface area contributed by atoms with Crippen molar-refractivity contribution in [3.05, 3.63) is 68.7 Å². The molecule has 0 radical (unpaired) electrons. The molecule has 2 aromatic rings. The molecule has 0 aliphatic carbocycles. The zero-order valence-electron chi connectivity index (χ0n) is 13.1. The number of hydrogen-bond acceptors (Lipinski definition) is 5. The van der Waals surface area contributed by atoms with Crippen LogP contribution in [0.4, 0.5) is 11.4 Å². The summed E-state index contributed by atoms with van der Waals surface area (Å²) in [4.78, 5) is 35.8. The molecule has 0 saturated heterocycles. The predicted molar refractivity (Wildman–Crippen MR) is 93.0 cm³/mol. The van der Waals surface area contributed by atoms with Gasteiger partial charge in [0.15, 0.2) is 0 Å². The van der Waals surface area contributed by atoms with E-state index < -0.39 is 4.92 Å². The number of benzene rings is 2. The number of nitro groups is 1. The highest BCUT2D eigenvalue weighted by atomic mass is 35.5. The second-order valence-electron chi connectivity index (χ2n) is 5.51. The lowest BCUT2D eigenvalue weighted by Gasteiger charge is -2.14. The topological polar surface area (TPSA) is 92.6 Å². The number of hydrogen-bond donors (Lipinski definition) is 1. The van der Waals surface area contributed by atoms with Crippen molar-refractivity contribution < 1.29 is 14.5 Å². The largest absolute Gasteiger partial charge is 0.384 e. The van der Waals surface area contributed by atoms with Gasteiger partial charge in [0.25, 0.3) is 17.5 Å². The molecule has 3 rings (SSSR count). The van der Waals surface area contributed by atoms with Crippen LogP contribution in [0, 0.1) is 10.1 Å². The van der Waals surface area contributed by atoms with Crippen LogP contribution in [0.15, 0.2) is 42.5 Å². The van der Waals surface area contributed by atoms with Crippen LogP contribution in [0.1, 0.15) is 27.1 Å². The molecule has 0 atom stereocenters. The van der Waals surface area contributed by atoms with Gasteiger partial charge >= 0.3 is 0 Å². The first-order valence-corrected chi connectivity index (χ1v) is 8.00. The Hall–Kier alpha value is -2.93. The second-order valence-corrected chi connectivity index (χ2v) is 5.92. The van der Waals surface area contributed by atoms with E-state index in [1.807, 2.05) is 0 Å². The molecule has 0 saturated carbocycles. The lowest BCUT2D eigenvalue weighted by molar-refractivity contribution is -0.384. The van der Waals surface area contributed by atoms with E-state index in [0.29, 0.717) is 29.8 Å². The predicted octanol–water partition coefficient (Wildman–Crippen LogP) is 3.35. The highest BCUT2D eigenvalue weighted by molar-refractivity contribution is 6.33. The molecule has 128 valence electrons. The molecule has 0 unspecified atom stereocenters. The number of rotatable bonds is 6. The van der Waals surface area contributed by atoms with Crippen molar-refractivity contribution in [2.24, 2.45) is 0 Å². The molecule has 1 aliphatic rings. The molecule has 2 amide bonds. The fourth-order valence-corrected chi connectivity index (χ4v) is 2.90. The number of imide groups is 1. The van der Waals surface area contributed by atoms with E-state index in [4.69, 9.17) is 11.6 Å². The van der Waals surface area contributed by atoms with E-state index in [9.17, 15) is 19.7 Å². The average molecular weight is 360 g/mol. The van der Waals surface area contributed by atoms with Crippen molar-refractivity contribution in [1.29, 1.82) is 0 Å². The summed E-state index contributed by atoms with van der Waals surface area (Å²) in [6.45, 7) is 0.745. The number of carbonyl (C=O) groups excluding carboxylic acids is 2. The van der Waals surface area contributed by atoms with E-state index in [0.717, 1.165) is 0 Å². The standard InChI is InChI=1S/C17H14ClN3O4/c18-14-10-11(21(24)25)6-7-15(14)19-8-3-9-20-16(22)12-4-1-2-5-13(12)17(20)23/h1-2,4-7,10,19H,3,8-9H2. The number of nitrogens with one attached hydrogen (secondary N) is 1. The Kier molecular flexibility index (Phi) is 4.67. The molecule has 0 aromatic heterocycles. The lowest BCUT2D eigenvalue weighted by atomic mass is 10.1. The van der Waals surface area contributed by atoms with Crippen LogP contribution in [0.2, 0.25) is 5.02 Å². The molecule has 2 aromatic carbocycles. The minimum Gasteiger partial charge on any atom is -0.384 e. The molecular weight excluding hydrogens is 346 g/mol. The maximum Gasteiger partial charge on any atom is 0.271 e. The number of carbonyl (C=O) groups is 2. The number of nitrogens with zero attached hydrogens (tertiary/aromatic N) is 2. The SMILES string of the molecule is O=C1c2ccccc2C(=O)N1CCCNc1ccc([N+](=O)[O-])cc1Cl. The minimum absolute atomic E-state index is 0.0819. The Morgan fingerprint density at radius 2 is 1.72 bits per heavy atom. The Morgan fingerprint density at radius 3 is 2.28 bits per heavy atom. The first-order chi connectivity index (χ1) is 12.0. The van der Waals surface area contributed by atoms with Gasteiger partial charge < -0.3 is 5.32 Å². The maximum atomic E-state index is 12.2. The van der Waals surface area contributed by atoms with Gasteiger partial charge in [0, 0.05) is 25.2 Å². The first-order valence-electron chi connectivity index (χ1n) is 7.62. The third-order valence-corrected chi connectivity index (χ3v) is 4.23. The smallest absolute Gasteiger partial charge is 0.271 e. The van der Waals surface area contributed by atoms with Gasteiger partial charge in [-0.1, -0.05) is 23.7 Å². The summed E-state index contributed by atoms with van der Waals surface area (Å²) in [5.41, 5.74) is 1.34. The maximum absolute atomic E-state index is 12.2. The zero-order valence-corrected chi connectivity index (χ0v) is 13.8. The van der Waals surface area contributed by atoms with Gasteiger partial charge in [-0.05, 0) is 24.6 Å². The van der Waals surface area contributed by atoms with Crippen molar-refractivity contribution in [1.82, 2.24) is 4.90 Å². The van der Waals surface area contributed by atoms with E-state index in [2.05, 4.69) is 5.32 Å². The van der Waals surface area contributed by atoms with Crippen molar-refractivity contribution in [3.8, 4) is 0 Å². The van der Waals surface area contributed by atoms with Crippen LogP contribution in [0.25, 0.3) is 0 Å². The van der Waals surface area contributed by atoms with Gasteiger partial charge in [-0.15, -0.1) is 0 Å². The number of anilines is 1. The third-order valence-electron chi connectivity index (χ3n) is 3.92. The quantitative estimate of drug-likeness (QED) is 0.369. The van der Waals surface area contributed by atoms with E-state index >= 15 is 0 Å². The molecule has 7 nitrogen and oxygen atoms in total. The van der Waals surface area contributed by atoms with E-state index in [1.54, 1.807) is 24.3 Å².